The Morgan fingerprint density at radius 3 is 2.53 bits per heavy atom. The lowest BCUT2D eigenvalue weighted by Gasteiger charge is -2.38. The SMILES string of the molecule is CCC1CN(C(=O)C(C)C(C)N)CC(C)O1.Cl. The molecule has 1 fully saturated rings. The van der Waals surface area contributed by atoms with E-state index in [1.165, 1.54) is 0 Å². The molecule has 0 saturated carbocycles. The van der Waals surface area contributed by atoms with Crippen molar-refractivity contribution in [3.8, 4) is 0 Å². The van der Waals surface area contributed by atoms with Gasteiger partial charge in [0.05, 0.1) is 18.1 Å². The third-order valence-corrected chi connectivity index (χ3v) is 3.27. The lowest BCUT2D eigenvalue weighted by molar-refractivity contribution is -0.148. The lowest BCUT2D eigenvalue weighted by atomic mass is 10.0. The topological polar surface area (TPSA) is 55.6 Å². The summed E-state index contributed by atoms with van der Waals surface area (Å²) in [5, 5.41) is 0. The maximum Gasteiger partial charge on any atom is 0.227 e. The number of nitrogens with zero attached hydrogens (tertiary/aromatic N) is 1. The molecule has 1 aliphatic heterocycles. The van der Waals surface area contributed by atoms with E-state index in [0.29, 0.717) is 13.1 Å². The summed E-state index contributed by atoms with van der Waals surface area (Å²) in [4.78, 5) is 14.0. The van der Waals surface area contributed by atoms with Crippen molar-refractivity contribution < 1.29 is 9.53 Å². The number of rotatable bonds is 3. The number of halogens is 1. The van der Waals surface area contributed by atoms with Gasteiger partial charge in [0, 0.05) is 19.1 Å². The van der Waals surface area contributed by atoms with Crippen LogP contribution in [0.5, 0.6) is 0 Å². The van der Waals surface area contributed by atoms with Crippen molar-refractivity contribution in [2.45, 2.75) is 52.4 Å². The van der Waals surface area contributed by atoms with Gasteiger partial charge >= 0.3 is 0 Å². The molecule has 1 amide bonds. The molecule has 5 heteroatoms. The van der Waals surface area contributed by atoms with Gasteiger partial charge in [0.25, 0.3) is 0 Å². The molecule has 1 aliphatic rings. The molecule has 0 aliphatic carbocycles. The summed E-state index contributed by atoms with van der Waals surface area (Å²) < 4.78 is 5.73. The minimum absolute atomic E-state index is 0. The Hall–Kier alpha value is -0.320. The summed E-state index contributed by atoms with van der Waals surface area (Å²) in [7, 11) is 0. The number of carbonyl (C=O) groups is 1. The number of hydrogen-bond donors (Lipinski definition) is 1. The summed E-state index contributed by atoms with van der Waals surface area (Å²) in [5.74, 6) is 0.0476. The zero-order valence-electron chi connectivity index (χ0n) is 11.2. The van der Waals surface area contributed by atoms with Gasteiger partial charge < -0.3 is 15.4 Å². The van der Waals surface area contributed by atoms with Crippen LogP contribution in [0.4, 0.5) is 0 Å². The lowest BCUT2D eigenvalue weighted by Crippen LogP contribution is -2.52. The molecule has 1 rings (SSSR count). The molecular formula is C12H25ClN2O2. The van der Waals surface area contributed by atoms with Crippen LogP contribution in [0.3, 0.4) is 0 Å². The van der Waals surface area contributed by atoms with E-state index in [0.717, 1.165) is 6.42 Å². The first-order valence-corrected chi connectivity index (χ1v) is 6.15. The monoisotopic (exact) mass is 264 g/mol. The summed E-state index contributed by atoms with van der Waals surface area (Å²) in [6, 6.07) is -0.0919. The molecule has 102 valence electrons. The molecule has 4 nitrogen and oxygen atoms in total. The summed E-state index contributed by atoms with van der Waals surface area (Å²) in [6.45, 7) is 9.26. The van der Waals surface area contributed by atoms with Gasteiger partial charge in [-0.3, -0.25) is 4.79 Å². The largest absolute Gasteiger partial charge is 0.372 e. The molecule has 0 aromatic rings. The second-order valence-corrected chi connectivity index (χ2v) is 4.87. The minimum atomic E-state index is -0.109. The second-order valence-electron chi connectivity index (χ2n) is 4.87. The van der Waals surface area contributed by atoms with Crippen LogP contribution in [0.1, 0.15) is 34.1 Å². The number of nitrogens with two attached hydrogens (primary N) is 1. The fourth-order valence-electron chi connectivity index (χ4n) is 1.96. The van der Waals surface area contributed by atoms with Crippen molar-refractivity contribution in [2.75, 3.05) is 13.1 Å². The van der Waals surface area contributed by atoms with Gasteiger partial charge in [-0.2, -0.15) is 0 Å². The first-order valence-electron chi connectivity index (χ1n) is 6.15. The highest BCUT2D eigenvalue weighted by molar-refractivity contribution is 5.85. The van der Waals surface area contributed by atoms with Crippen LogP contribution in [-0.4, -0.2) is 42.1 Å². The van der Waals surface area contributed by atoms with Crippen LogP contribution < -0.4 is 5.73 Å². The first-order chi connectivity index (χ1) is 7.45. The highest BCUT2D eigenvalue weighted by Crippen LogP contribution is 2.16. The molecule has 4 unspecified atom stereocenters. The second kappa shape index (κ2) is 7.19. The van der Waals surface area contributed by atoms with Crippen molar-refractivity contribution in [3.05, 3.63) is 0 Å². The quantitative estimate of drug-likeness (QED) is 0.839. The van der Waals surface area contributed by atoms with Crippen molar-refractivity contribution in [1.82, 2.24) is 4.90 Å². The summed E-state index contributed by atoms with van der Waals surface area (Å²) in [5.41, 5.74) is 5.77. The molecule has 4 atom stereocenters. The Morgan fingerprint density at radius 1 is 1.47 bits per heavy atom. The Balaban J connectivity index is 0.00000256. The first kappa shape index (κ1) is 16.7. The zero-order chi connectivity index (χ0) is 12.3. The zero-order valence-corrected chi connectivity index (χ0v) is 12.0. The molecule has 0 spiro atoms. The van der Waals surface area contributed by atoms with Crippen LogP contribution in [0.15, 0.2) is 0 Å². The van der Waals surface area contributed by atoms with E-state index in [2.05, 4.69) is 6.92 Å². The van der Waals surface area contributed by atoms with E-state index in [1.54, 1.807) is 0 Å². The normalized spacial score (nSPS) is 28.2. The van der Waals surface area contributed by atoms with Crippen molar-refractivity contribution in [2.24, 2.45) is 11.7 Å². The van der Waals surface area contributed by atoms with E-state index in [9.17, 15) is 4.79 Å². The predicted molar refractivity (Wildman–Crippen MR) is 71.3 cm³/mol. The smallest absolute Gasteiger partial charge is 0.227 e. The highest BCUT2D eigenvalue weighted by atomic mass is 35.5. The average Bonchev–Trinajstić information content (AvgIpc) is 2.25. The summed E-state index contributed by atoms with van der Waals surface area (Å²) in [6.07, 6.45) is 1.25. The van der Waals surface area contributed by atoms with Crippen molar-refractivity contribution in [1.29, 1.82) is 0 Å². The fourth-order valence-corrected chi connectivity index (χ4v) is 1.96. The van der Waals surface area contributed by atoms with Crippen LogP contribution >= 0.6 is 12.4 Å². The van der Waals surface area contributed by atoms with E-state index in [4.69, 9.17) is 10.5 Å². The standard InChI is InChI=1S/C12H24N2O2.ClH/c1-5-11-7-14(6-8(2)16-11)12(15)9(3)10(4)13;/h8-11H,5-7,13H2,1-4H3;1H. The van der Waals surface area contributed by atoms with E-state index >= 15 is 0 Å². The van der Waals surface area contributed by atoms with E-state index < -0.39 is 0 Å². The molecule has 1 saturated heterocycles. The van der Waals surface area contributed by atoms with Crippen LogP contribution in [0.25, 0.3) is 0 Å². The van der Waals surface area contributed by atoms with Crippen LogP contribution in [0.2, 0.25) is 0 Å². The van der Waals surface area contributed by atoms with Crippen molar-refractivity contribution in [3.63, 3.8) is 0 Å². The van der Waals surface area contributed by atoms with E-state index in [1.807, 2.05) is 25.7 Å². The minimum Gasteiger partial charge on any atom is -0.372 e. The average molecular weight is 265 g/mol. The third-order valence-electron chi connectivity index (χ3n) is 3.27. The van der Waals surface area contributed by atoms with Gasteiger partial charge in [0.2, 0.25) is 5.91 Å². The maximum absolute atomic E-state index is 12.1. The van der Waals surface area contributed by atoms with Crippen molar-refractivity contribution >= 4 is 18.3 Å². The molecule has 0 aromatic heterocycles. The molecule has 1 heterocycles. The molecule has 2 N–H and O–H groups in total. The molecular weight excluding hydrogens is 240 g/mol. The van der Waals surface area contributed by atoms with Gasteiger partial charge in [-0.15, -0.1) is 12.4 Å². The van der Waals surface area contributed by atoms with E-state index in [-0.39, 0.29) is 42.5 Å². The Bertz CT molecular complexity index is 249. The molecule has 0 bridgehead atoms. The summed E-state index contributed by atoms with van der Waals surface area (Å²) >= 11 is 0. The van der Waals surface area contributed by atoms with Gasteiger partial charge in [-0.25, -0.2) is 0 Å². The fraction of sp³-hybridized carbons (Fsp3) is 0.917. The van der Waals surface area contributed by atoms with Gasteiger partial charge in [0.1, 0.15) is 0 Å². The Kier molecular flexibility index (Phi) is 7.05. The number of morpholine rings is 1. The number of carbonyl (C=O) groups excluding carboxylic acids is 1. The maximum atomic E-state index is 12.1. The number of ether oxygens (including phenoxy) is 1. The Morgan fingerprint density at radius 2 is 2.06 bits per heavy atom. The number of hydrogen-bond acceptors (Lipinski definition) is 3. The van der Waals surface area contributed by atoms with Gasteiger partial charge in [-0.05, 0) is 20.3 Å². The number of amides is 1. The molecule has 0 aromatic carbocycles. The predicted octanol–water partition coefficient (Wildman–Crippen LogP) is 1.42. The van der Waals surface area contributed by atoms with Gasteiger partial charge in [0.15, 0.2) is 0 Å². The molecule has 17 heavy (non-hydrogen) atoms. The highest BCUT2D eigenvalue weighted by Gasteiger charge is 2.30. The van der Waals surface area contributed by atoms with Crippen LogP contribution in [0, 0.1) is 5.92 Å². The van der Waals surface area contributed by atoms with Crippen LogP contribution in [-0.2, 0) is 9.53 Å². The Labute approximate surface area is 110 Å². The molecule has 0 radical (unpaired) electrons. The van der Waals surface area contributed by atoms with Gasteiger partial charge in [-0.1, -0.05) is 13.8 Å². The third kappa shape index (κ3) is 4.45.